The molecule has 19 heavy (non-hydrogen) atoms. The molecule has 0 spiro atoms. The molecule has 2 unspecified atom stereocenters. The summed E-state index contributed by atoms with van der Waals surface area (Å²) in [5.41, 5.74) is 2.45. The molecule has 0 aromatic heterocycles. The van der Waals surface area contributed by atoms with Gasteiger partial charge in [0.1, 0.15) is 0 Å². The minimum atomic E-state index is -0.722. The smallest absolute Gasteiger partial charge is 0.309 e. The highest BCUT2D eigenvalue weighted by Crippen LogP contribution is 2.25. The summed E-state index contributed by atoms with van der Waals surface area (Å²) >= 11 is 0. The molecule has 2 atom stereocenters. The van der Waals surface area contributed by atoms with Gasteiger partial charge < -0.3 is 15.3 Å². The number of para-hydroxylation sites is 1. The molecule has 1 aliphatic rings. The van der Waals surface area contributed by atoms with Crippen molar-refractivity contribution in [2.75, 3.05) is 24.5 Å². The third kappa shape index (κ3) is 3.07. The summed E-state index contributed by atoms with van der Waals surface area (Å²) < 4.78 is 0. The van der Waals surface area contributed by atoms with Crippen molar-refractivity contribution in [2.45, 2.75) is 26.3 Å². The number of nitrogens with one attached hydrogen (secondary N) is 1. The number of carbonyl (C=O) groups is 1. The van der Waals surface area contributed by atoms with Crippen LogP contribution in [0.5, 0.6) is 0 Å². The number of aliphatic carboxylic acids is 1. The predicted octanol–water partition coefficient (Wildman–Crippen LogP) is 1.75. The summed E-state index contributed by atoms with van der Waals surface area (Å²) in [6, 6.07) is 8.58. The standard InChI is InChI=1S/C15H22N2O2/c1-3-12-6-4-5-7-14(12)17-10-13(15(18)19)9-16-8-11(17)2/h4-7,11,13,16H,3,8-10H2,1-2H3,(H,18,19). The molecule has 0 saturated carbocycles. The van der Waals surface area contributed by atoms with Gasteiger partial charge in [0.25, 0.3) is 0 Å². The van der Waals surface area contributed by atoms with Gasteiger partial charge in [-0.15, -0.1) is 0 Å². The van der Waals surface area contributed by atoms with Crippen molar-refractivity contribution in [2.24, 2.45) is 5.92 Å². The summed E-state index contributed by atoms with van der Waals surface area (Å²) in [5.74, 6) is -1.07. The van der Waals surface area contributed by atoms with Crippen molar-refractivity contribution < 1.29 is 9.90 Å². The van der Waals surface area contributed by atoms with Crippen molar-refractivity contribution in [3.05, 3.63) is 29.8 Å². The molecule has 1 heterocycles. The van der Waals surface area contributed by atoms with Crippen LogP contribution in [0.2, 0.25) is 0 Å². The van der Waals surface area contributed by atoms with Crippen LogP contribution in [0.1, 0.15) is 19.4 Å². The number of hydrogen-bond donors (Lipinski definition) is 2. The Balaban J connectivity index is 2.30. The lowest BCUT2D eigenvalue weighted by Crippen LogP contribution is -2.39. The molecule has 1 saturated heterocycles. The monoisotopic (exact) mass is 262 g/mol. The lowest BCUT2D eigenvalue weighted by molar-refractivity contribution is -0.141. The summed E-state index contributed by atoms with van der Waals surface area (Å²) in [4.78, 5) is 13.5. The van der Waals surface area contributed by atoms with E-state index >= 15 is 0 Å². The normalized spacial score (nSPS) is 24.0. The van der Waals surface area contributed by atoms with Gasteiger partial charge in [-0.1, -0.05) is 25.1 Å². The molecule has 4 nitrogen and oxygen atoms in total. The maximum atomic E-state index is 11.3. The first-order valence-corrected chi connectivity index (χ1v) is 6.91. The average molecular weight is 262 g/mol. The zero-order chi connectivity index (χ0) is 13.8. The number of hydrogen-bond acceptors (Lipinski definition) is 3. The SMILES string of the molecule is CCc1ccccc1N1CC(C(=O)O)CNCC1C. The van der Waals surface area contributed by atoms with Gasteiger partial charge in [-0.05, 0) is 25.0 Å². The molecule has 2 rings (SSSR count). The van der Waals surface area contributed by atoms with Gasteiger partial charge in [0.2, 0.25) is 0 Å². The van der Waals surface area contributed by atoms with Gasteiger partial charge in [-0.3, -0.25) is 4.79 Å². The van der Waals surface area contributed by atoms with Crippen molar-refractivity contribution >= 4 is 11.7 Å². The number of carboxylic acids is 1. The van der Waals surface area contributed by atoms with Crippen LogP contribution < -0.4 is 10.2 Å². The van der Waals surface area contributed by atoms with Gasteiger partial charge in [0, 0.05) is 31.4 Å². The molecule has 0 amide bonds. The van der Waals surface area contributed by atoms with Crippen LogP contribution in [0.4, 0.5) is 5.69 Å². The first kappa shape index (κ1) is 13.9. The van der Waals surface area contributed by atoms with Crippen LogP contribution >= 0.6 is 0 Å². The van der Waals surface area contributed by atoms with Gasteiger partial charge >= 0.3 is 5.97 Å². The highest BCUT2D eigenvalue weighted by atomic mass is 16.4. The lowest BCUT2D eigenvalue weighted by Gasteiger charge is -2.32. The molecule has 4 heteroatoms. The lowest BCUT2D eigenvalue weighted by atomic mass is 10.1. The molecule has 1 fully saturated rings. The second-order valence-corrected chi connectivity index (χ2v) is 5.18. The minimum Gasteiger partial charge on any atom is -0.481 e. The molecule has 0 bridgehead atoms. The Labute approximate surface area is 114 Å². The van der Waals surface area contributed by atoms with Crippen LogP contribution in [-0.4, -0.2) is 36.8 Å². The van der Waals surface area contributed by atoms with Crippen molar-refractivity contribution in [1.82, 2.24) is 5.32 Å². The van der Waals surface area contributed by atoms with Crippen molar-refractivity contribution in [3.63, 3.8) is 0 Å². The molecule has 104 valence electrons. The fourth-order valence-corrected chi connectivity index (χ4v) is 2.65. The van der Waals surface area contributed by atoms with E-state index in [0.717, 1.165) is 13.0 Å². The third-order valence-corrected chi connectivity index (χ3v) is 3.81. The van der Waals surface area contributed by atoms with E-state index in [1.54, 1.807) is 0 Å². The van der Waals surface area contributed by atoms with Crippen LogP contribution in [0.25, 0.3) is 0 Å². The molecule has 1 aromatic rings. The predicted molar refractivity (Wildman–Crippen MR) is 76.6 cm³/mol. The zero-order valence-corrected chi connectivity index (χ0v) is 11.6. The van der Waals surface area contributed by atoms with E-state index in [1.165, 1.54) is 11.3 Å². The molecular formula is C15H22N2O2. The Morgan fingerprint density at radius 3 is 2.84 bits per heavy atom. The van der Waals surface area contributed by atoms with Crippen LogP contribution in [0.15, 0.2) is 24.3 Å². The Morgan fingerprint density at radius 1 is 1.42 bits per heavy atom. The summed E-state index contributed by atoms with van der Waals surface area (Å²) in [6.45, 7) is 6.21. The first-order chi connectivity index (χ1) is 9.13. The molecule has 0 radical (unpaired) electrons. The largest absolute Gasteiger partial charge is 0.481 e. The van der Waals surface area contributed by atoms with E-state index in [2.05, 4.69) is 36.2 Å². The van der Waals surface area contributed by atoms with Crippen LogP contribution in [0.3, 0.4) is 0 Å². The first-order valence-electron chi connectivity index (χ1n) is 6.91. The fraction of sp³-hybridized carbons (Fsp3) is 0.533. The number of rotatable bonds is 3. The van der Waals surface area contributed by atoms with E-state index < -0.39 is 5.97 Å². The zero-order valence-electron chi connectivity index (χ0n) is 11.6. The van der Waals surface area contributed by atoms with Crippen molar-refractivity contribution in [1.29, 1.82) is 0 Å². The van der Waals surface area contributed by atoms with Gasteiger partial charge in [0.05, 0.1) is 5.92 Å². The summed E-state index contributed by atoms with van der Waals surface area (Å²) in [6.07, 6.45) is 0.963. The highest BCUT2D eigenvalue weighted by molar-refractivity contribution is 5.71. The molecule has 1 aliphatic heterocycles. The Morgan fingerprint density at radius 2 is 2.16 bits per heavy atom. The molecule has 1 aromatic carbocycles. The van der Waals surface area contributed by atoms with E-state index in [4.69, 9.17) is 0 Å². The van der Waals surface area contributed by atoms with Gasteiger partial charge in [-0.25, -0.2) is 0 Å². The third-order valence-electron chi connectivity index (χ3n) is 3.81. The number of aryl methyl sites for hydroxylation is 1. The topological polar surface area (TPSA) is 52.6 Å². The quantitative estimate of drug-likeness (QED) is 0.871. The Hall–Kier alpha value is -1.55. The van der Waals surface area contributed by atoms with Crippen LogP contribution in [0, 0.1) is 5.92 Å². The van der Waals surface area contributed by atoms with E-state index in [9.17, 15) is 9.90 Å². The second kappa shape index (κ2) is 6.06. The van der Waals surface area contributed by atoms with E-state index in [1.807, 2.05) is 12.1 Å². The van der Waals surface area contributed by atoms with Crippen molar-refractivity contribution in [3.8, 4) is 0 Å². The van der Waals surface area contributed by atoms with E-state index in [0.29, 0.717) is 19.1 Å². The number of anilines is 1. The minimum absolute atomic E-state index is 0.303. The van der Waals surface area contributed by atoms with Gasteiger partial charge in [0.15, 0.2) is 0 Å². The number of nitrogens with zero attached hydrogens (tertiary/aromatic N) is 1. The number of carboxylic acid groups (broad SMARTS) is 1. The Kier molecular flexibility index (Phi) is 4.43. The van der Waals surface area contributed by atoms with Gasteiger partial charge in [-0.2, -0.15) is 0 Å². The molecule has 0 aliphatic carbocycles. The maximum absolute atomic E-state index is 11.3. The number of benzene rings is 1. The summed E-state index contributed by atoms with van der Waals surface area (Å²) in [5, 5.41) is 12.5. The highest BCUT2D eigenvalue weighted by Gasteiger charge is 2.28. The average Bonchev–Trinajstić information content (AvgIpc) is 2.60. The fourth-order valence-electron chi connectivity index (χ4n) is 2.65. The maximum Gasteiger partial charge on any atom is 0.309 e. The Bertz CT molecular complexity index is 448. The van der Waals surface area contributed by atoms with E-state index in [-0.39, 0.29) is 5.92 Å². The molecular weight excluding hydrogens is 240 g/mol. The molecule has 2 N–H and O–H groups in total. The second-order valence-electron chi connectivity index (χ2n) is 5.18. The van der Waals surface area contributed by atoms with Crippen LogP contribution in [-0.2, 0) is 11.2 Å². The summed E-state index contributed by atoms with van der Waals surface area (Å²) in [7, 11) is 0.